The topological polar surface area (TPSA) is 70.0 Å². The number of aliphatic hydroxyl groups is 2. The van der Waals surface area contributed by atoms with Gasteiger partial charge in [0.2, 0.25) is 0 Å². The zero-order chi connectivity index (χ0) is 14.8. The predicted octanol–water partition coefficient (Wildman–Crippen LogP) is 1.39. The summed E-state index contributed by atoms with van der Waals surface area (Å²) in [6.07, 6.45) is 1.81. The van der Waals surface area contributed by atoms with E-state index in [0.717, 1.165) is 12.0 Å². The quantitative estimate of drug-likeness (QED) is 0.669. The third kappa shape index (κ3) is 5.28. The van der Waals surface area contributed by atoms with Gasteiger partial charge in [-0.15, -0.1) is 5.06 Å². The fraction of sp³-hybridized carbons (Fsp3) is 0.533. The number of carbonyl (C=O) groups is 1. The van der Waals surface area contributed by atoms with E-state index in [9.17, 15) is 4.79 Å². The van der Waals surface area contributed by atoms with Crippen molar-refractivity contribution in [3.8, 4) is 0 Å². The van der Waals surface area contributed by atoms with Crippen molar-refractivity contribution in [3.63, 3.8) is 0 Å². The second-order valence-electron chi connectivity index (χ2n) is 4.47. The van der Waals surface area contributed by atoms with Gasteiger partial charge in [-0.05, 0) is 30.9 Å². The highest BCUT2D eigenvalue weighted by Crippen LogP contribution is 2.12. The van der Waals surface area contributed by atoms with Crippen molar-refractivity contribution >= 4 is 5.97 Å². The van der Waals surface area contributed by atoms with Crippen molar-refractivity contribution in [2.45, 2.75) is 26.2 Å². The molecule has 0 radical (unpaired) electrons. The third-order valence-electron chi connectivity index (χ3n) is 2.96. The van der Waals surface area contributed by atoms with Crippen molar-refractivity contribution in [1.82, 2.24) is 5.06 Å². The molecule has 0 aliphatic rings. The van der Waals surface area contributed by atoms with Crippen LogP contribution in [0, 0.1) is 0 Å². The van der Waals surface area contributed by atoms with Gasteiger partial charge in [-0.2, -0.15) is 0 Å². The van der Waals surface area contributed by atoms with E-state index in [4.69, 9.17) is 15.1 Å². The maximum absolute atomic E-state index is 12.2. The Hall–Kier alpha value is -1.43. The predicted molar refractivity (Wildman–Crippen MR) is 76.2 cm³/mol. The van der Waals surface area contributed by atoms with Crippen LogP contribution in [0.3, 0.4) is 0 Å². The average Bonchev–Trinajstić information content (AvgIpc) is 2.49. The number of benzene rings is 1. The van der Waals surface area contributed by atoms with Gasteiger partial charge in [0.05, 0.1) is 5.56 Å². The lowest BCUT2D eigenvalue weighted by molar-refractivity contribution is -0.113. The Morgan fingerprint density at radius 3 is 2.30 bits per heavy atom. The van der Waals surface area contributed by atoms with Crippen LogP contribution in [0.4, 0.5) is 0 Å². The van der Waals surface area contributed by atoms with Gasteiger partial charge in [0.15, 0.2) is 0 Å². The van der Waals surface area contributed by atoms with E-state index in [1.807, 2.05) is 25.1 Å². The van der Waals surface area contributed by atoms with Gasteiger partial charge in [0.25, 0.3) is 0 Å². The van der Waals surface area contributed by atoms with Gasteiger partial charge in [0.1, 0.15) is 0 Å². The van der Waals surface area contributed by atoms with Crippen molar-refractivity contribution in [1.29, 1.82) is 0 Å². The number of rotatable bonds is 9. The van der Waals surface area contributed by atoms with E-state index in [0.29, 0.717) is 31.5 Å². The van der Waals surface area contributed by atoms with Crippen LogP contribution in [0.5, 0.6) is 0 Å². The molecule has 5 heteroatoms. The molecule has 112 valence electrons. The van der Waals surface area contributed by atoms with E-state index < -0.39 is 5.97 Å². The summed E-state index contributed by atoms with van der Waals surface area (Å²) in [5.74, 6) is -0.390. The highest BCUT2D eigenvalue weighted by molar-refractivity contribution is 5.90. The molecule has 0 heterocycles. The molecule has 1 aromatic rings. The van der Waals surface area contributed by atoms with Crippen LogP contribution in [0.1, 0.15) is 35.7 Å². The minimum absolute atomic E-state index is 0.0404. The minimum Gasteiger partial charge on any atom is -0.396 e. The summed E-state index contributed by atoms with van der Waals surface area (Å²) in [6.45, 7) is 2.98. The van der Waals surface area contributed by atoms with Crippen LogP contribution >= 0.6 is 0 Å². The second-order valence-corrected chi connectivity index (χ2v) is 4.47. The standard InChI is InChI=1S/C15H23NO4/c1-2-13-7-3-4-8-14(13)15(19)20-16(9-5-11-17)10-6-12-18/h3-4,7-8,17-18H,2,5-6,9-12H2,1H3. The van der Waals surface area contributed by atoms with Crippen molar-refractivity contribution in [2.75, 3.05) is 26.3 Å². The maximum Gasteiger partial charge on any atom is 0.357 e. The fourth-order valence-electron chi connectivity index (χ4n) is 1.89. The number of hydrogen-bond acceptors (Lipinski definition) is 5. The van der Waals surface area contributed by atoms with E-state index in [2.05, 4.69) is 0 Å². The molecule has 0 spiro atoms. The molecule has 0 aromatic heterocycles. The van der Waals surface area contributed by atoms with E-state index in [-0.39, 0.29) is 13.2 Å². The lowest BCUT2D eigenvalue weighted by Crippen LogP contribution is -2.30. The number of hydrogen-bond donors (Lipinski definition) is 2. The van der Waals surface area contributed by atoms with Crippen LogP contribution < -0.4 is 0 Å². The summed E-state index contributed by atoms with van der Waals surface area (Å²) in [5.41, 5.74) is 1.51. The van der Waals surface area contributed by atoms with Crippen LogP contribution in [0.15, 0.2) is 24.3 Å². The number of aryl methyl sites for hydroxylation is 1. The summed E-state index contributed by atoms with van der Waals surface area (Å²) in [7, 11) is 0. The molecular formula is C15H23NO4. The van der Waals surface area contributed by atoms with Gasteiger partial charge < -0.3 is 15.1 Å². The Morgan fingerprint density at radius 2 is 1.75 bits per heavy atom. The summed E-state index contributed by atoms with van der Waals surface area (Å²) < 4.78 is 0. The zero-order valence-corrected chi connectivity index (χ0v) is 11.9. The number of nitrogens with zero attached hydrogens (tertiary/aromatic N) is 1. The molecular weight excluding hydrogens is 258 g/mol. The molecule has 0 bridgehead atoms. The number of carbonyl (C=O) groups excluding carboxylic acids is 1. The molecule has 0 aliphatic carbocycles. The SMILES string of the molecule is CCc1ccccc1C(=O)ON(CCCO)CCCO. The third-order valence-corrected chi connectivity index (χ3v) is 2.96. The Bertz CT molecular complexity index is 401. The molecule has 0 aliphatic heterocycles. The first-order valence-corrected chi connectivity index (χ1v) is 6.99. The molecule has 0 amide bonds. The molecule has 0 saturated carbocycles. The summed E-state index contributed by atoms with van der Waals surface area (Å²) in [4.78, 5) is 17.5. The zero-order valence-electron chi connectivity index (χ0n) is 11.9. The molecule has 2 N–H and O–H groups in total. The highest BCUT2D eigenvalue weighted by atomic mass is 16.7. The van der Waals surface area contributed by atoms with Crippen LogP contribution in [0.2, 0.25) is 0 Å². The number of hydroxylamine groups is 2. The molecule has 20 heavy (non-hydrogen) atoms. The summed E-state index contributed by atoms with van der Waals surface area (Å²) >= 11 is 0. The molecule has 5 nitrogen and oxygen atoms in total. The van der Waals surface area contributed by atoms with E-state index in [1.165, 1.54) is 5.06 Å². The van der Waals surface area contributed by atoms with Gasteiger partial charge in [0, 0.05) is 26.3 Å². The fourth-order valence-corrected chi connectivity index (χ4v) is 1.89. The van der Waals surface area contributed by atoms with Crippen molar-refractivity contribution in [2.24, 2.45) is 0 Å². The van der Waals surface area contributed by atoms with Crippen LogP contribution in [-0.2, 0) is 11.3 Å². The van der Waals surface area contributed by atoms with E-state index >= 15 is 0 Å². The average molecular weight is 281 g/mol. The Morgan fingerprint density at radius 1 is 1.15 bits per heavy atom. The smallest absolute Gasteiger partial charge is 0.357 e. The van der Waals surface area contributed by atoms with Gasteiger partial charge in [-0.3, -0.25) is 0 Å². The van der Waals surface area contributed by atoms with Crippen LogP contribution in [-0.4, -0.2) is 47.5 Å². The minimum atomic E-state index is -0.390. The first-order valence-electron chi connectivity index (χ1n) is 6.99. The van der Waals surface area contributed by atoms with E-state index in [1.54, 1.807) is 6.07 Å². The summed E-state index contributed by atoms with van der Waals surface area (Å²) in [6, 6.07) is 7.35. The first kappa shape index (κ1) is 16.6. The monoisotopic (exact) mass is 281 g/mol. The lowest BCUT2D eigenvalue weighted by Gasteiger charge is -2.21. The van der Waals surface area contributed by atoms with Gasteiger partial charge in [-0.25, -0.2) is 4.79 Å². The largest absolute Gasteiger partial charge is 0.396 e. The van der Waals surface area contributed by atoms with Gasteiger partial charge >= 0.3 is 5.97 Å². The molecule has 0 atom stereocenters. The Balaban J connectivity index is 2.68. The second kappa shape index (κ2) is 9.47. The normalized spacial score (nSPS) is 10.8. The Kier molecular flexibility index (Phi) is 7.87. The maximum atomic E-state index is 12.2. The summed E-state index contributed by atoms with van der Waals surface area (Å²) in [5, 5.41) is 19.2. The van der Waals surface area contributed by atoms with Gasteiger partial charge in [-0.1, -0.05) is 25.1 Å². The first-order chi connectivity index (χ1) is 9.72. The highest BCUT2D eigenvalue weighted by Gasteiger charge is 2.15. The molecule has 0 unspecified atom stereocenters. The van der Waals surface area contributed by atoms with Crippen molar-refractivity contribution < 1.29 is 19.8 Å². The molecule has 1 aromatic carbocycles. The number of aliphatic hydroxyl groups excluding tert-OH is 2. The molecule has 0 fully saturated rings. The van der Waals surface area contributed by atoms with Crippen LogP contribution in [0.25, 0.3) is 0 Å². The molecule has 1 rings (SSSR count). The van der Waals surface area contributed by atoms with Crippen molar-refractivity contribution in [3.05, 3.63) is 35.4 Å². The lowest BCUT2D eigenvalue weighted by atomic mass is 10.1. The molecule has 0 saturated heterocycles. The Labute approximate surface area is 119 Å².